The first kappa shape index (κ1) is 14.4. The minimum atomic E-state index is -0.268. The number of nitrogens with zero attached hydrogens (tertiary/aromatic N) is 1. The highest BCUT2D eigenvalue weighted by atomic mass is 35.5. The van der Waals surface area contributed by atoms with Crippen molar-refractivity contribution in [3.63, 3.8) is 0 Å². The number of pyridine rings is 1. The van der Waals surface area contributed by atoms with Gasteiger partial charge in [-0.1, -0.05) is 11.6 Å². The Morgan fingerprint density at radius 3 is 3.00 bits per heavy atom. The Morgan fingerprint density at radius 2 is 2.19 bits per heavy atom. The first-order valence-electron chi connectivity index (χ1n) is 6.61. The highest BCUT2D eigenvalue weighted by Crippen LogP contribution is 2.27. The Bertz CT molecular complexity index is 772. The third kappa shape index (κ3) is 3.07. The van der Waals surface area contributed by atoms with E-state index in [9.17, 15) is 4.39 Å². The van der Waals surface area contributed by atoms with Crippen molar-refractivity contribution in [2.24, 2.45) is 0 Å². The van der Waals surface area contributed by atoms with E-state index in [2.05, 4.69) is 16.4 Å². The first-order chi connectivity index (χ1) is 10.2. The third-order valence-corrected chi connectivity index (χ3v) is 4.73. The number of thiophene rings is 1. The van der Waals surface area contributed by atoms with Gasteiger partial charge in [0.1, 0.15) is 5.82 Å². The Hall–Kier alpha value is -1.49. The number of aromatic nitrogens is 1. The van der Waals surface area contributed by atoms with Gasteiger partial charge in [-0.3, -0.25) is 4.98 Å². The molecule has 0 aliphatic rings. The molecule has 1 N–H and O–H groups in total. The van der Waals surface area contributed by atoms with Gasteiger partial charge in [-0.05, 0) is 60.3 Å². The van der Waals surface area contributed by atoms with Gasteiger partial charge in [0.05, 0.1) is 10.2 Å². The maximum absolute atomic E-state index is 13.4. The molecule has 2 aromatic heterocycles. The predicted molar refractivity (Wildman–Crippen MR) is 86.5 cm³/mol. The summed E-state index contributed by atoms with van der Waals surface area (Å²) < 4.78 is 14.5. The van der Waals surface area contributed by atoms with E-state index in [1.54, 1.807) is 17.4 Å². The van der Waals surface area contributed by atoms with Gasteiger partial charge >= 0.3 is 0 Å². The van der Waals surface area contributed by atoms with Crippen LogP contribution in [0, 0.1) is 5.82 Å². The van der Waals surface area contributed by atoms with Crippen molar-refractivity contribution in [2.75, 3.05) is 7.05 Å². The van der Waals surface area contributed by atoms with Gasteiger partial charge < -0.3 is 5.32 Å². The van der Waals surface area contributed by atoms with E-state index in [4.69, 9.17) is 11.6 Å². The van der Waals surface area contributed by atoms with Crippen molar-refractivity contribution in [1.29, 1.82) is 0 Å². The van der Waals surface area contributed by atoms with Gasteiger partial charge in [-0.25, -0.2) is 4.39 Å². The fraction of sp³-hybridized carbons (Fsp3) is 0.188. The van der Waals surface area contributed by atoms with Gasteiger partial charge in [0.15, 0.2) is 0 Å². The van der Waals surface area contributed by atoms with Crippen LogP contribution in [-0.4, -0.2) is 12.0 Å². The minimum Gasteiger partial charge on any atom is -0.313 e. The fourth-order valence-corrected chi connectivity index (χ4v) is 3.34. The van der Waals surface area contributed by atoms with Crippen LogP contribution in [0.5, 0.6) is 0 Å². The van der Waals surface area contributed by atoms with E-state index in [1.165, 1.54) is 12.1 Å². The molecular weight excluding hydrogens is 307 g/mol. The second kappa shape index (κ2) is 6.10. The van der Waals surface area contributed by atoms with Crippen LogP contribution in [0.15, 0.2) is 41.9 Å². The highest BCUT2D eigenvalue weighted by Gasteiger charge is 2.14. The standard InChI is InChI=1S/C16H14ClFN2S/c1-19-15(7-10-6-12(18)2-3-13(10)17)11-8-16-14(20-9-11)4-5-21-16/h2-6,8-9,15,19H,7H2,1H3. The van der Waals surface area contributed by atoms with Gasteiger partial charge in [-0.2, -0.15) is 0 Å². The molecule has 2 nitrogen and oxygen atoms in total. The molecule has 1 aromatic carbocycles. The monoisotopic (exact) mass is 320 g/mol. The van der Waals surface area contributed by atoms with E-state index < -0.39 is 0 Å². The van der Waals surface area contributed by atoms with Crippen molar-refractivity contribution in [1.82, 2.24) is 10.3 Å². The number of fused-ring (bicyclic) bond motifs is 1. The molecular formula is C16H14ClFN2S. The fourth-order valence-electron chi connectivity index (χ4n) is 2.36. The van der Waals surface area contributed by atoms with Crippen LogP contribution < -0.4 is 5.32 Å². The largest absolute Gasteiger partial charge is 0.313 e. The van der Waals surface area contributed by atoms with E-state index in [-0.39, 0.29) is 11.9 Å². The molecule has 1 atom stereocenters. The molecule has 0 aliphatic heterocycles. The van der Waals surface area contributed by atoms with Crippen LogP contribution in [0.4, 0.5) is 4.39 Å². The Labute approximate surface area is 131 Å². The second-order valence-electron chi connectivity index (χ2n) is 4.85. The molecule has 0 saturated heterocycles. The zero-order chi connectivity index (χ0) is 14.8. The average Bonchev–Trinajstić information content (AvgIpc) is 2.95. The van der Waals surface area contributed by atoms with E-state index in [1.807, 2.05) is 24.7 Å². The average molecular weight is 321 g/mol. The summed E-state index contributed by atoms with van der Waals surface area (Å²) in [5.74, 6) is -0.268. The summed E-state index contributed by atoms with van der Waals surface area (Å²) in [6.07, 6.45) is 2.48. The number of nitrogens with one attached hydrogen (secondary N) is 1. The molecule has 1 unspecified atom stereocenters. The summed E-state index contributed by atoms with van der Waals surface area (Å²) in [6, 6.07) is 8.63. The second-order valence-corrected chi connectivity index (χ2v) is 6.21. The quantitative estimate of drug-likeness (QED) is 0.760. The predicted octanol–water partition coefficient (Wildman–Crippen LogP) is 4.59. The first-order valence-corrected chi connectivity index (χ1v) is 7.87. The van der Waals surface area contributed by atoms with Crippen molar-refractivity contribution >= 4 is 33.2 Å². The molecule has 0 aliphatic carbocycles. The lowest BCUT2D eigenvalue weighted by Crippen LogP contribution is -2.19. The van der Waals surface area contributed by atoms with Crippen molar-refractivity contribution in [3.8, 4) is 0 Å². The molecule has 108 valence electrons. The normalized spacial score (nSPS) is 12.7. The summed E-state index contributed by atoms with van der Waals surface area (Å²) in [4.78, 5) is 4.45. The summed E-state index contributed by atoms with van der Waals surface area (Å²) in [5, 5.41) is 5.87. The van der Waals surface area contributed by atoms with Crippen LogP contribution in [0.3, 0.4) is 0 Å². The molecule has 0 spiro atoms. The number of hydrogen-bond donors (Lipinski definition) is 1. The molecule has 21 heavy (non-hydrogen) atoms. The van der Waals surface area contributed by atoms with Crippen molar-refractivity contribution in [2.45, 2.75) is 12.5 Å². The third-order valence-electron chi connectivity index (χ3n) is 3.51. The summed E-state index contributed by atoms with van der Waals surface area (Å²) >= 11 is 7.82. The number of halogens is 2. The van der Waals surface area contributed by atoms with E-state index >= 15 is 0 Å². The smallest absolute Gasteiger partial charge is 0.123 e. The zero-order valence-electron chi connectivity index (χ0n) is 11.4. The lowest BCUT2D eigenvalue weighted by Gasteiger charge is -2.17. The lowest BCUT2D eigenvalue weighted by atomic mass is 10.00. The Morgan fingerprint density at radius 1 is 1.33 bits per heavy atom. The maximum Gasteiger partial charge on any atom is 0.123 e. The molecule has 3 rings (SSSR count). The van der Waals surface area contributed by atoms with Gasteiger partial charge in [-0.15, -0.1) is 11.3 Å². The van der Waals surface area contributed by atoms with Crippen LogP contribution in [-0.2, 0) is 6.42 Å². The van der Waals surface area contributed by atoms with Crippen LogP contribution >= 0.6 is 22.9 Å². The summed E-state index contributed by atoms with van der Waals surface area (Å²) in [6.45, 7) is 0. The van der Waals surface area contributed by atoms with Gasteiger partial charge in [0, 0.05) is 17.3 Å². The number of benzene rings is 1. The molecule has 0 bridgehead atoms. The zero-order valence-corrected chi connectivity index (χ0v) is 13.0. The van der Waals surface area contributed by atoms with Crippen molar-refractivity contribution in [3.05, 3.63) is 63.9 Å². The highest BCUT2D eigenvalue weighted by molar-refractivity contribution is 7.17. The van der Waals surface area contributed by atoms with E-state index in [0.29, 0.717) is 11.4 Å². The summed E-state index contributed by atoms with van der Waals surface area (Å²) in [5.41, 5.74) is 2.87. The van der Waals surface area contributed by atoms with Crippen molar-refractivity contribution < 1.29 is 4.39 Å². The van der Waals surface area contributed by atoms with Crippen LogP contribution in [0.2, 0.25) is 5.02 Å². The van der Waals surface area contributed by atoms with Gasteiger partial charge in [0.25, 0.3) is 0 Å². The topological polar surface area (TPSA) is 24.9 Å². The number of rotatable bonds is 4. The number of likely N-dealkylation sites (N-methyl/N-ethyl adjacent to an activating group) is 1. The summed E-state index contributed by atoms with van der Waals surface area (Å²) in [7, 11) is 1.89. The maximum atomic E-state index is 13.4. The minimum absolute atomic E-state index is 0.0447. The molecule has 2 heterocycles. The van der Waals surface area contributed by atoms with Gasteiger partial charge in [0.2, 0.25) is 0 Å². The lowest BCUT2D eigenvalue weighted by molar-refractivity contribution is 0.583. The van der Waals surface area contributed by atoms with Crippen LogP contribution in [0.1, 0.15) is 17.2 Å². The number of hydrogen-bond acceptors (Lipinski definition) is 3. The Balaban J connectivity index is 1.92. The van der Waals surface area contributed by atoms with Crippen LogP contribution in [0.25, 0.3) is 10.2 Å². The molecule has 5 heteroatoms. The molecule has 0 saturated carbocycles. The Kier molecular flexibility index (Phi) is 4.19. The SMILES string of the molecule is CNC(Cc1cc(F)ccc1Cl)c1cnc2ccsc2c1. The molecule has 0 radical (unpaired) electrons. The van der Waals surface area contributed by atoms with E-state index in [0.717, 1.165) is 21.3 Å². The molecule has 3 aromatic rings. The molecule has 0 amide bonds. The molecule has 0 fully saturated rings.